The van der Waals surface area contributed by atoms with E-state index in [1.54, 1.807) is 11.8 Å². The van der Waals surface area contributed by atoms with Gasteiger partial charge in [-0.15, -0.1) is 0 Å². The molecule has 0 radical (unpaired) electrons. The minimum Gasteiger partial charge on any atom is -0.457 e. The topological polar surface area (TPSA) is 26.3 Å². The second-order valence-corrected chi connectivity index (χ2v) is 8.45. The molecule has 0 fully saturated rings. The quantitative estimate of drug-likeness (QED) is 0.204. The van der Waals surface area contributed by atoms with E-state index >= 15 is 0 Å². The maximum atomic E-state index is 11.8. The van der Waals surface area contributed by atoms with Gasteiger partial charge in [-0.2, -0.15) is 11.8 Å². The van der Waals surface area contributed by atoms with Crippen molar-refractivity contribution in [2.45, 2.75) is 97.5 Å². The molecule has 0 spiro atoms. The van der Waals surface area contributed by atoms with Gasteiger partial charge in [0.2, 0.25) is 0 Å². The lowest BCUT2D eigenvalue weighted by molar-refractivity contribution is -0.149. The van der Waals surface area contributed by atoms with Gasteiger partial charge in [0, 0.05) is 11.3 Å². The van der Waals surface area contributed by atoms with Crippen LogP contribution in [0.25, 0.3) is 0 Å². The summed E-state index contributed by atoms with van der Waals surface area (Å²) in [5, 5.41) is 0. The van der Waals surface area contributed by atoms with Gasteiger partial charge >= 0.3 is 5.97 Å². The van der Waals surface area contributed by atoms with E-state index in [0.717, 1.165) is 5.75 Å². The van der Waals surface area contributed by atoms with Crippen LogP contribution in [-0.4, -0.2) is 23.1 Å². The molecule has 0 aromatic rings. The summed E-state index contributed by atoms with van der Waals surface area (Å²) in [4.78, 5) is 11.8. The van der Waals surface area contributed by atoms with E-state index in [2.05, 4.69) is 13.5 Å². The first-order valence-electron chi connectivity index (χ1n) is 9.35. The van der Waals surface area contributed by atoms with Crippen LogP contribution < -0.4 is 0 Å². The predicted molar refractivity (Wildman–Crippen MR) is 104 cm³/mol. The van der Waals surface area contributed by atoms with E-state index in [0.29, 0.717) is 11.3 Å². The van der Waals surface area contributed by atoms with Gasteiger partial charge in [-0.3, -0.25) is 0 Å². The Morgan fingerprint density at radius 3 is 1.87 bits per heavy atom. The smallest absolute Gasteiger partial charge is 0.334 e. The number of hydrogen-bond acceptors (Lipinski definition) is 3. The number of carbonyl (C=O) groups excluding carboxylic acids is 1. The Balaban J connectivity index is 3.36. The van der Waals surface area contributed by atoms with Gasteiger partial charge in [-0.25, -0.2) is 4.79 Å². The third-order valence-electron chi connectivity index (χ3n) is 3.61. The number of hydrogen-bond donors (Lipinski definition) is 0. The van der Waals surface area contributed by atoms with Gasteiger partial charge in [0.1, 0.15) is 5.60 Å². The first-order valence-corrected chi connectivity index (χ1v) is 10.5. The lowest BCUT2D eigenvalue weighted by Crippen LogP contribution is -2.25. The molecule has 0 aromatic heterocycles. The maximum absolute atomic E-state index is 11.8. The minimum absolute atomic E-state index is 0.256. The molecule has 0 heterocycles. The van der Waals surface area contributed by atoms with Crippen LogP contribution in [-0.2, 0) is 9.53 Å². The average molecular weight is 343 g/mol. The molecule has 0 amide bonds. The van der Waals surface area contributed by atoms with Crippen molar-refractivity contribution < 1.29 is 9.53 Å². The highest BCUT2D eigenvalue weighted by Crippen LogP contribution is 2.16. The molecule has 0 aromatic carbocycles. The fourth-order valence-electron chi connectivity index (χ4n) is 2.30. The van der Waals surface area contributed by atoms with E-state index in [4.69, 9.17) is 4.74 Å². The summed E-state index contributed by atoms with van der Waals surface area (Å²) in [6.07, 6.45) is 13.6. The monoisotopic (exact) mass is 342 g/mol. The van der Waals surface area contributed by atoms with Crippen LogP contribution in [0.1, 0.15) is 91.9 Å². The maximum Gasteiger partial charge on any atom is 0.334 e. The Morgan fingerprint density at radius 1 is 0.913 bits per heavy atom. The summed E-state index contributed by atoms with van der Waals surface area (Å²) in [5.41, 5.74) is 0.151. The molecular weight excluding hydrogens is 304 g/mol. The Morgan fingerprint density at radius 2 is 1.39 bits per heavy atom. The van der Waals surface area contributed by atoms with Crippen molar-refractivity contribution in [2.24, 2.45) is 0 Å². The molecule has 0 aliphatic carbocycles. The molecule has 0 saturated heterocycles. The summed E-state index contributed by atoms with van der Waals surface area (Å²) in [5.74, 6) is 1.54. The van der Waals surface area contributed by atoms with Crippen molar-refractivity contribution in [3.05, 3.63) is 12.2 Å². The molecule has 2 nitrogen and oxygen atoms in total. The minimum atomic E-state index is -0.429. The van der Waals surface area contributed by atoms with Crippen LogP contribution >= 0.6 is 11.8 Å². The Hall–Kier alpha value is -0.440. The zero-order valence-corrected chi connectivity index (χ0v) is 16.7. The first kappa shape index (κ1) is 22.6. The van der Waals surface area contributed by atoms with Gasteiger partial charge in [0.25, 0.3) is 0 Å². The van der Waals surface area contributed by atoms with E-state index in [1.165, 1.54) is 64.2 Å². The standard InChI is InChI=1S/C20H38O2S/c1-6-7-8-9-10-11-12-13-14-15-16-23-17-18(2)19(21)22-20(3,4)5/h2,6-17H2,1,3-5H3. The van der Waals surface area contributed by atoms with Crippen LogP contribution in [0, 0.1) is 0 Å². The van der Waals surface area contributed by atoms with E-state index in [9.17, 15) is 4.79 Å². The van der Waals surface area contributed by atoms with Gasteiger partial charge in [0.15, 0.2) is 0 Å². The molecule has 0 atom stereocenters. The van der Waals surface area contributed by atoms with Crippen molar-refractivity contribution in [1.29, 1.82) is 0 Å². The van der Waals surface area contributed by atoms with Crippen LogP contribution in [0.2, 0.25) is 0 Å². The number of carbonyl (C=O) groups is 1. The highest BCUT2D eigenvalue weighted by molar-refractivity contribution is 7.99. The van der Waals surface area contributed by atoms with Crippen LogP contribution in [0.3, 0.4) is 0 Å². The number of unbranched alkanes of at least 4 members (excludes halogenated alkanes) is 9. The second-order valence-electron chi connectivity index (χ2n) is 7.34. The van der Waals surface area contributed by atoms with E-state index in [-0.39, 0.29) is 5.97 Å². The highest BCUT2D eigenvalue weighted by atomic mass is 32.2. The fraction of sp³-hybridized carbons (Fsp3) is 0.850. The van der Waals surface area contributed by atoms with Crippen LogP contribution in [0.5, 0.6) is 0 Å². The zero-order valence-electron chi connectivity index (χ0n) is 15.9. The largest absolute Gasteiger partial charge is 0.457 e. The van der Waals surface area contributed by atoms with Crippen molar-refractivity contribution in [3.63, 3.8) is 0 Å². The molecular formula is C20H38O2S. The fourth-order valence-corrected chi connectivity index (χ4v) is 3.21. The number of esters is 1. The summed E-state index contributed by atoms with van der Waals surface area (Å²) >= 11 is 1.79. The lowest BCUT2D eigenvalue weighted by atomic mass is 10.1. The predicted octanol–water partition coefficient (Wildman–Crippen LogP) is 6.54. The van der Waals surface area contributed by atoms with Gasteiger partial charge < -0.3 is 4.74 Å². The molecule has 0 aliphatic heterocycles. The van der Waals surface area contributed by atoms with Crippen LogP contribution in [0.15, 0.2) is 12.2 Å². The van der Waals surface area contributed by atoms with Gasteiger partial charge in [-0.1, -0.05) is 71.3 Å². The van der Waals surface area contributed by atoms with Gasteiger partial charge in [-0.05, 0) is 32.9 Å². The Labute approximate surface area is 148 Å². The third kappa shape index (κ3) is 16.2. The highest BCUT2D eigenvalue weighted by Gasteiger charge is 2.18. The first-order chi connectivity index (χ1) is 10.9. The molecule has 3 heteroatoms. The second kappa shape index (κ2) is 13.9. The molecule has 0 unspecified atom stereocenters. The summed E-state index contributed by atoms with van der Waals surface area (Å²) < 4.78 is 5.31. The number of thioether (sulfide) groups is 1. The molecule has 0 N–H and O–H groups in total. The number of rotatable bonds is 14. The SMILES string of the molecule is C=C(CSCCCCCCCCCCCC)C(=O)OC(C)(C)C. The Bertz CT molecular complexity index is 318. The average Bonchev–Trinajstić information content (AvgIpc) is 2.46. The van der Waals surface area contributed by atoms with E-state index in [1.807, 2.05) is 20.8 Å². The summed E-state index contributed by atoms with van der Waals surface area (Å²) in [6.45, 7) is 11.7. The normalized spacial score (nSPS) is 11.5. The molecule has 0 aliphatic rings. The lowest BCUT2D eigenvalue weighted by Gasteiger charge is -2.20. The summed E-state index contributed by atoms with van der Waals surface area (Å²) in [7, 11) is 0. The molecule has 0 bridgehead atoms. The van der Waals surface area contributed by atoms with Crippen molar-refractivity contribution in [3.8, 4) is 0 Å². The van der Waals surface area contributed by atoms with Gasteiger partial charge in [0.05, 0.1) is 0 Å². The Kier molecular flexibility index (Phi) is 13.7. The molecule has 0 rings (SSSR count). The van der Waals surface area contributed by atoms with Crippen molar-refractivity contribution in [1.82, 2.24) is 0 Å². The van der Waals surface area contributed by atoms with Crippen molar-refractivity contribution >= 4 is 17.7 Å². The third-order valence-corrected chi connectivity index (χ3v) is 4.74. The molecule has 136 valence electrons. The van der Waals surface area contributed by atoms with E-state index < -0.39 is 5.60 Å². The van der Waals surface area contributed by atoms with Crippen LogP contribution in [0.4, 0.5) is 0 Å². The zero-order chi connectivity index (χ0) is 17.6. The number of ether oxygens (including phenoxy) is 1. The molecule has 0 saturated carbocycles. The van der Waals surface area contributed by atoms with Crippen molar-refractivity contribution in [2.75, 3.05) is 11.5 Å². The summed E-state index contributed by atoms with van der Waals surface area (Å²) in [6, 6.07) is 0. The molecule has 23 heavy (non-hydrogen) atoms.